The minimum Gasteiger partial charge on any atom is -0.386 e. The predicted molar refractivity (Wildman–Crippen MR) is 103 cm³/mol. The van der Waals surface area contributed by atoms with Crippen LogP contribution in [0.3, 0.4) is 0 Å². The highest BCUT2D eigenvalue weighted by Crippen LogP contribution is 2.50. The molecular weight excluding hydrogens is 466 g/mol. The van der Waals surface area contributed by atoms with E-state index >= 15 is 0 Å². The summed E-state index contributed by atoms with van der Waals surface area (Å²) in [5, 5.41) is -2.24. The third-order valence-corrected chi connectivity index (χ3v) is 5.54. The molecule has 0 fully saturated rings. The van der Waals surface area contributed by atoms with Gasteiger partial charge >= 0.3 is 14.0 Å². The van der Waals surface area contributed by atoms with Crippen molar-refractivity contribution in [1.29, 1.82) is 0 Å². The van der Waals surface area contributed by atoms with Crippen molar-refractivity contribution in [2.24, 2.45) is 0 Å². The summed E-state index contributed by atoms with van der Waals surface area (Å²) < 4.78 is 93.5. The Labute approximate surface area is 178 Å². The van der Waals surface area contributed by atoms with E-state index < -0.39 is 31.0 Å². The van der Waals surface area contributed by atoms with Crippen LogP contribution in [0, 0.1) is 11.6 Å². The Morgan fingerprint density at radius 1 is 0.677 bits per heavy atom. The fourth-order valence-electron chi connectivity index (χ4n) is 2.32. The molecule has 4 nitrogen and oxygen atoms in total. The second-order valence-electron chi connectivity index (χ2n) is 6.10. The summed E-state index contributed by atoms with van der Waals surface area (Å²) in [5.41, 5.74) is -0.254. The van der Waals surface area contributed by atoms with Crippen LogP contribution in [0.4, 0.5) is 22.0 Å². The van der Waals surface area contributed by atoms with Gasteiger partial charge in [0.05, 0.1) is 0 Å². The average molecular weight is 479 g/mol. The van der Waals surface area contributed by atoms with Crippen molar-refractivity contribution in [1.82, 2.24) is 0 Å². The first-order valence-electron chi connectivity index (χ1n) is 8.55. The van der Waals surface area contributed by atoms with E-state index in [0.29, 0.717) is 0 Å². The number of halogens is 6. The highest BCUT2D eigenvalue weighted by molar-refractivity contribution is 7.49. The standard InChI is InChI=1S/C20H13ClF5O4P/c21-19(20(24,25)26)13-1-7-16(8-2-13)28-31(27,29-17-9-3-14(22)4-10-17)30-18-11-5-15(23)6-12-18/h1-12,19H. The Balaban J connectivity index is 1.85. The van der Waals surface area contributed by atoms with Gasteiger partial charge in [-0.15, -0.1) is 11.6 Å². The molecule has 1 atom stereocenters. The van der Waals surface area contributed by atoms with Crippen molar-refractivity contribution in [3.8, 4) is 17.2 Å². The molecule has 3 aromatic carbocycles. The Hall–Kier alpha value is -2.77. The summed E-state index contributed by atoms with van der Waals surface area (Å²) in [6.07, 6.45) is -4.66. The summed E-state index contributed by atoms with van der Waals surface area (Å²) in [6.45, 7) is 0. The molecule has 164 valence electrons. The summed E-state index contributed by atoms with van der Waals surface area (Å²) in [4.78, 5) is 0. The van der Waals surface area contributed by atoms with Gasteiger partial charge in [-0.25, -0.2) is 8.78 Å². The maximum atomic E-state index is 13.2. The molecule has 11 heteroatoms. The molecule has 0 saturated heterocycles. The number of phosphoric acid groups is 1. The first-order valence-corrected chi connectivity index (χ1v) is 10.4. The summed E-state index contributed by atoms with van der Waals surface area (Å²) in [7, 11) is -4.49. The Morgan fingerprint density at radius 3 is 1.32 bits per heavy atom. The second-order valence-corrected chi connectivity index (χ2v) is 7.98. The third kappa shape index (κ3) is 6.35. The molecular formula is C20H13ClF5O4P. The van der Waals surface area contributed by atoms with Gasteiger partial charge in [0, 0.05) is 0 Å². The molecule has 0 aliphatic carbocycles. The Bertz CT molecular complexity index is 1010. The zero-order valence-electron chi connectivity index (χ0n) is 15.4. The van der Waals surface area contributed by atoms with Gasteiger partial charge in [0.25, 0.3) is 0 Å². The van der Waals surface area contributed by atoms with Gasteiger partial charge in [-0.1, -0.05) is 12.1 Å². The molecule has 0 aliphatic rings. The summed E-state index contributed by atoms with van der Waals surface area (Å²) in [6, 6.07) is 13.2. The van der Waals surface area contributed by atoms with E-state index in [1.54, 1.807) is 0 Å². The number of phosphoric ester groups is 1. The van der Waals surface area contributed by atoms with Gasteiger partial charge in [0.15, 0.2) is 5.38 Å². The van der Waals surface area contributed by atoms with Crippen molar-refractivity contribution in [2.75, 3.05) is 0 Å². The van der Waals surface area contributed by atoms with Crippen molar-refractivity contribution in [2.45, 2.75) is 11.6 Å². The monoisotopic (exact) mass is 478 g/mol. The Morgan fingerprint density at radius 2 is 1.00 bits per heavy atom. The number of alkyl halides is 4. The van der Waals surface area contributed by atoms with Crippen molar-refractivity contribution in [3.63, 3.8) is 0 Å². The lowest BCUT2D eigenvalue weighted by Gasteiger charge is -2.20. The fourth-order valence-corrected chi connectivity index (χ4v) is 3.72. The Kier molecular flexibility index (Phi) is 6.77. The first-order chi connectivity index (χ1) is 14.5. The highest BCUT2D eigenvalue weighted by atomic mass is 35.5. The van der Waals surface area contributed by atoms with Crippen LogP contribution in [0.5, 0.6) is 17.2 Å². The van der Waals surface area contributed by atoms with Crippen molar-refractivity contribution in [3.05, 3.63) is 90.0 Å². The summed E-state index contributed by atoms with van der Waals surface area (Å²) in [5.74, 6) is -1.43. The number of rotatable bonds is 7. The molecule has 0 amide bonds. The molecule has 0 N–H and O–H groups in total. The first kappa shape index (κ1) is 22.9. The SMILES string of the molecule is O=P(Oc1ccc(F)cc1)(Oc1ccc(F)cc1)Oc1ccc(C(Cl)C(F)(F)F)cc1. The van der Waals surface area contributed by atoms with Crippen LogP contribution in [0.15, 0.2) is 72.8 Å². The quantitative estimate of drug-likeness (QED) is 0.201. The molecule has 1 unspecified atom stereocenters. The second kappa shape index (κ2) is 9.16. The average Bonchev–Trinajstić information content (AvgIpc) is 2.71. The molecule has 3 aromatic rings. The minimum atomic E-state index is -4.66. The molecule has 0 aliphatic heterocycles. The van der Waals surface area contributed by atoms with Gasteiger partial charge in [-0.05, 0) is 66.2 Å². The molecule has 0 radical (unpaired) electrons. The molecule has 3 rings (SSSR count). The third-order valence-electron chi connectivity index (χ3n) is 3.74. The summed E-state index contributed by atoms with van der Waals surface area (Å²) >= 11 is 5.38. The number of hydrogen-bond donors (Lipinski definition) is 0. The normalized spacial score (nSPS) is 12.8. The van der Waals surface area contributed by atoms with E-state index in [0.717, 1.165) is 48.5 Å². The van der Waals surface area contributed by atoms with E-state index in [1.165, 1.54) is 24.3 Å². The van der Waals surface area contributed by atoms with Crippen LogP contribution in [0.2, 0.25) is 0 Å². The zero-order chi connectivity index (χ0) is 22.6. The van der Waals surface area contributed by atoms with Crippen LogP contribution in [-0.4, -0.2) is 6.18 Å². The lowest BCUT2D eigenvalue weighted by atomic mass is 10.1. The van der Waals surface area contributed by atoms with Crippen LogP contribution >= 0.6 is 19.4 Å². The predicted octanol–water partition coefficient (Wildman–Crippen LogP) is 7.45. The number of benzene rings is 3. The lowest BCUT2D eigenvalue weighted by Crippen LogP contribution is -2.15. The molecule has 31 heavy (non-hydrogen) atoms. The van der Waals surface area contributed by atoms with Crippen LogP contribution in [-0.2, 0) is 4.57 Å². The van der Waals surface area contributed by atoms with Crippen molar-refractivity contribution >= 4 is 19.4 Å². The largest absolute Gasteiger partial charge is 0.647 e. The molecule has 0 saturated carbocycles. The van der Waals surface area contributed by atoms with Gasteiger partial charge in [0.2, 0.25) is 0 Å². The van der Waals surface area contributed by atoms with E-state index in [1.807, 2.05) is 0 Å². The maximum Gasteiger partial charge on any atom is 0.647 e. The van der Waals surface area contributed by atoms with E-state index in [9.17, 15) is 26.5 Å². The topological polar surface area (TPSA) is 44.8 Å². The van der Waals surface area contributed by atoms with E-state index in [2.05, 4.69) is 0 Å². The lowest BCUT2D eigenvalue weighted by molar-refractivity contribution is -0.131. The smallest absolute Gasteiger partial charge is 0.386 e. The van der Waals surface area contributed by atoms with E-state index in [-0.39, 0.29) is 22.8 Å². The van der Waals surface area contributed by atoms with Crippen molar-refractivity contribution < 1.29 is 40.1 Å². The van der Waals surface area contributed by atoms with Gasteiger partial charge in [0.1, 0.15) is 28.9 Å². The fraction of sp³-hybridized carbons (Fsp3) is 0.100. The van der Waals surface area contributed by atoms with Crippen LogP contribution < -0.4 is 13.6 Å². The van der Waals surface area contributed by atoms with Crippen LogP contribution in [0.1, 0.15) is 10.9 Å². The molecule has 0 aromatic heterocycles. The minimum absolute atomic E-state index is 0.0682. The molecule has 0 heterocycles. The van der Waals surface area contributed by atoms with Gasteiger partial charge in [-0.3, -0.25) is 0 Å². The highest BCUT2D eigenvalue weighted by Gasteiger charge is 2.39. The van der Waals surface area contributed by atoms with Gasteiger partial charge < -0.3 is 13.6 Å². The zero-order valence-corrected chi connectivity index (χ0v) is 17.0. The van der Waals surface area contributed by atoms with Gasteiger partial charge in [-0.2, -0.15) is 17.7 Å². The molecule has 0 bridgehead atoms. The van der Waals surface area contributed by atoms with E-state index in [4.69, 9.17) is 25.2 Å². The molecule has 0 spiro atoms. The maximum absolute atomic E-state index is 13.2. The number of hydrogen-bond acceptors (Lipinski definition) is 4. The van der Waals surface area contributed by atoms with Crippen LogP contribution in [0.25, 0.3) is 0 Å².